The van der Waals surface area contributed by atoms with E-state index in [4.69, 9.17) is 14.2 Å². The van der Waals surface area contributed by atoms with E-state index in [0.717, 1.165) is 5.56 Å². The number of methoxy groups -OCH3 is 1. The second-order valence-electron chi connectivity index (χ2n) is 7.68. The highest BCUT2D eigenvalue weighted by molar-refractivity contribution is 6.06. The summed E-state index contributed by atoms with van der Waals surface area (Å²) in [5, 5.41) is 8.51. The van der Waals surface area contributed by atoms with E-state index in [0.29, 0.717) is 29.1 Å². The lowest BCUT2D eigenvalue weighted by Gasteiger charge is -2.29. The number of benzene rings is 2. The van der Waals surface area contributed by atoms with Gasteiger partial charge in [-0.1, -0.05) is 19.1 Å². The Bertz CT molecular complexity index is 1250. The van der Waals surface area contributed by atoms with E-state index in [9.17, 15) is 14.0 Å². The Balaban J connectivity index is 1.52. The molecule has 11 heteroatoms. The molecule has 0 saturated carbocycles. The molecule has 0 fully saturated rings. The molecule has 10 nitrogen and oxygen atoms in total. The quantitative estimate of drug-likeness (QED) is 0.476. The molecule has 1 unspecified atom stereocenters. The zero-order valence-electron chi connectivity index (χ0n) is 19.7. The van der Waals surface area contributed by atoms with Crippen LogP contribution in [0.1, 0.15) is 35.0 Å². The molecule has 36 heavy (non-hydrogen) atoms. The number of carbonyl (C=O) groups is 2. The van der Waals surface area contributed by atoms with E-state index >= 15 is 0 Å². The molecule has 186 valence electrons. The van der Waals surface area contributed by atoms with Crippen molar-refractivity contribution in [1.82, 2.24) is 15.0 Å². The molecule has 0 spiro atoms. The summed E-state index contributed by atoms with van der Waals surface area (Å²) < 4.78 is 28.7. The van der Waals surface area contributed by atoms with Gasteiger partial charge in [-0.05, 0) is 42.3 Å². The van der Waals surface area contributed by atoms with Gasteiger partial charge in [0.25, 0.3) is 5.91 Å². The molecular weight excluding hydrogens is 469 g/mol. The number of anilines is 1. The molecule has 0 aliphatic carbocycles. The highest BCUT2D eigenvalue weighted by Crippen LogP contribution is 2.30. The number of cyclic esters (lactones) is 1. The van der Waals surface area contributed by atoms with Crippen molar-refractivity contribution in [2.45, 2.75) is 26.0 Å². The smallest absolute Gasteiger partial charge is 0.431 e. The van der Waals surface area contributed by atoms with Crippen LogP contribution in [0.25, 0.3) is 0 Å². The number of nitrogens with one attached hydrogen (secondary N) is 1. The number of hydrogen-bond donors (Lipinski definition) is 1. The summed E-state index contributed by atoms with van der Waals surface area (Å²) in [5.41, 5.74) is 2.65. The monoisotopic (exact) mass is 493 g/mol. The Morgan fingerprint density at radius 2 is 1.97 bits per heavy atom. The summed E-state index contributed by atoms with van der Waals surface area (Å²) in [6.07, 6.45) is 3.65. The molecule has 3 aromatic rings. The molecule has 1 aliphatic rings. The van der Waals surface area contributed by atoms with Crippen molar-refractivity contribution in [3.63, 3.8) is 0 Å². The third-order valence-electron chi connectivity index (χ3n) is 5.37. The molecule has 0 bridgehead atoms. The van der Waals surface area contributed by atoms with Crippen LogP contribution < -0.4 is 14.8 Å². The maximum Gasteiger partial charge on any atom is 0.431 e. The van der Waals surface area contributed by atoms with Gasteiger partial charge in [-0.15, -0.1) is 0 Å². The van der Waals surface area contributed by atoms with Gasteiger partial charge in [0.2, 0.25) is 6.86 Å². The van der Waals surface area contributed by atoms with Crippen LogP contribution in [0, 0.1) is 0 Å². The van der Waals surface area contributed by atoms with Crippen molar-refractivity contribution in [3.8, 4) is 11.5 Å². The third-order valence-corrected chi connectivity index (χ3v) is 5.37. The molecule has 1 aromatic heterocycles. The number of hydrazone groups is 1. The van der Waals surface area contributed by atoms with Crippen LogP contribution in [0.3, 0.4) is 0 Å². The molecule has 1 N–H and O–H groups in total. The molecule has 1 aliphatic heterocycles. The SMILES string of the molecule is CCC1OC(=O)N(Cc2ccc(NC(=O)c3cnccn3)cc2)N=C1c1ccc(OC)c(OCF)c1. The second-order valence-corrected chi connectivity index (χ2v) is 7.68. The number of rotatable bonds is 9. The number of alkyl halides is 1. The zero-order chi connectivity index (χ0) is 25.5. The average molecular weight is 493 g/mol. The van der Waals surface area contributed by atoms with Crippen molar-refractivity contribution in [2.75, 3.05) is 19.3 Å². The van der Waals surface area contributed by atoms with Crippen LogP contribution in [0.5, 0.6) is 11.5 Å². The van der Waals surface area contributed by atoms with Crippen LogP contribution in [-0.4, -0.2) is 52.8 Å². The normalized spacial score (nSPS) is 15.1. The summed E-state index contributed by atoms with van der Waals surface area (Å²) in [4.78, 5) is 32.7. The lowest BCUT2D eigenvalue weighted by atomic mass is 10.0. The van der Waals surface area contributed by atoms with Gasteiger partial charge >= 0.3 is 6.09 Å². The lowest BCUT2D eigenvalue weighted by Crippen LogP contribution is -2.41. The van der Waals surface area contributed by atoms with Crippen LogP contribution in [0.15, 0.2) is 66.2 Å². The van der Waals surface area contributed by atoms with Gasteiger partial charge in [0.05, 0.1) is 19.9 Å². The topological polar surface area (TPSA) is 115 Å². The van der Waals surface area contributed by atoms with Gasteiger partial charge < -0.3 is 19.5 Å². The highest BCUT2D eigenvalue weighted by atomic mass is 19.1. The summed E-state index contributed by atoms with van der Waals surface area (Å²) in [6.45, 7) is 1.00. The fraction of sp³-hybridized carbons (Fsp3) is 0.240. The highest BCUT2D eigenvalue weighted by Gasteiger charge is 2.31. The number of ether oxygens (including phenoxy) is 3. The van der Waals surface area contributed by atoms with E-state index < -0.39 is 19.1 Å². The van der Waals surface area contributed by atoms with E-state index in [1.807, 2.05) is 6.92 Å². The van der Waals surface area contributed by atoms with Gasteiger partial charge in [0.15, 0.2) is 11.5 Å². The number of carbonyl (C=O) groups excluding carboxylic acids is 2. The number of hydrogen-bond acceptors (Lipinski definition) is 8. The Kier molecular flexibility index (Phi) is 7.69. The van der Waals surface area contributed by atoms with Gasteiger partial charge in [0, 0.05) is 23.6 Å². The van der Waals surface area contributed by atoms with Gasteiger partial charge in [-0.25, -0.2) is 14.2 Å². The summed E-state index contributed by atoms with van der Waals surface area (Å²) in [5.74, 6) is 0.213. The fourth-order valence-electron chi connectivity index (χ4n) is 3.58. The molecule has 2 heterocycles. The van der Waals surface area contributed by atoms with Crippen LogP contribution in [0.2, 0.25) is 0 Å². The molecule has 2 amide bonds. The fourth-order valence-corrected chi connectivity index (χ4v) is 3.58. The number of halogens is 1. The average Bonchev–Trinajstić information content (AvgIpc) is 2.91. The lowest BCUT2D eigenvalue weighted by molar-refractivity contribution is 0.0712. The zero-order valence-corrected chi connectivity index (χ0v) is 19.7. The summed E-state index contributed by atoms with van der Waals surface area (Å²) >= 11 is 0. The van der Waals surface area contributed by atoms with Crippen molar-refractivity contribution in [1.29, 1.82) is 0 Å². The molecule has 0 saturated heterocycles. The Morgan fingerprint density at radius 1 is 1.17 bits per heavy atom. The molecule has 2 aromatic carbocycles. The first-order valence-corrected chi connectivity index (χ1v) is 11.1. The van der Waals surface area contributed by atoms with Crippen LogP contribution in [0.4, 0.5) is 14.9 Å². The maximum atomic E-state index is 12.8. The predicted octanol–water partition coefficient (Wildman–Crippen LogP) is 4.18. The first kappa shape index (κ1) is 24.6. The summed E-state index contributed by atoms with van der Waals surface area (Å²) in [7, 11) is 1.46. The number of amides is 2. The minimum atomic E-state index is -1.01. The van der Waals surface area contributed by atoms with Gasteiger partial charge in [-0.2, -0.15) is 10.1 Å². The van der Waals surface area contributed by atoms with Gasteiger partial charge in [0.1, 0.15) is 17.5 Å². The minimum absolute atomic E-state index is 0.140. The van der Waals surface area contributed by atoms with E-state index in [2.05, 4.69) is 20.4 Å². The van der Waals surface area contributed by atoms with Crippen molar-refractivity contribution in [3.05, 3.63) is 77.9 Å². The van der Waals surface area contributed by atoms with E-state index in [1.165, 1.54) is 30.7 Å². The molecule has 1 atom stereocenters. The predicted molar refractivity (Wildman–Crippen MR) is 129 cm³/mol. The second kappa shape index (κ2) is 11.3. The van der Waals surface area contributed by atoms with Gasteiger partial charge in [-0.3, -0.25) is 9.78 Å². The van der Waals surface area contributed by atoms with E-state index in [-0.39, 0.29) is 23.9 Å². The third kappa shape index (κ3) is 5.57. The number of aromatic nitrogens is 2. The molecule has 0 radical (unpaired) electrons. The van der Waals surface area contributed by atoms with E-state index in [1.54, 1.807) is 42.5 Å². The molecular formula is C25H24FN5O5. The van der Waals surface area contributed by atoms with Crippen molar-refractivity contribution < 1.29 is 28.2 Å². The van der Waals surface area contributed by atoms with Crippen molar-refractivity contribution in [2.24, 2.45) is 5.10 Å². The molecule has 4 rings (SSSR count). The first-order valence-electron chi connectivity index (χ1n) is 11.1. The Labute approximate surface area is 206 Å². The van der Waals surface area contributed by atoms with Crippen LogP contribution >= 0.6 is 0 Å². The Hall–Kier alpha value is -4.54. The van der Waals surface area contributed by atoms with Crippen LogP contribution in [-0.2, 0) is 11.3 Å². The van der Waals surface area contributed by atoms with Crippen molar-refractivity contribution >= 4 is 23.4 Å². The number of nitrogens with zero attached hydrogens (tertiary/aromatic N) is 4. The summed E-state index contributed by atoms with van der Waals surface area (Å²) in [6, 6.07) is 11.9. The first-order chi connectivity index (χ1) is 17.5. The largest absolute Gasteiger partial charge is 0.493 e. The maximum absolute atomic E-state index is 12.8. The Morgan fingerprint density at radius 3 is 2.64 bits per heavy atom. The standard InChI is InChI=1S/C25H24FN5O5/c1-3-20-23(17-6-9-21(34-2)22(12-17)35-15-26)30-31(25(33)36-20)14-16-4-7-18(8-5-16)29-24(32)19-13-27-10-11-28-19/h4-13,20H,3,14-15H2,1-2H3,(H,29,32). The minimum Gasteiger partial charge on any atom is -0.493 e.